The van der Waals surface area contributed by atoms with Crippen LogP contribution in [0.25, 0.3) is 0 Å². The van der Waals surface area contributed by atoms with E-state index in [1.807, 2.05) is 13.8 Å². The summed E-state index contributed by atoms with van der Waals surface area (Å²) in [7, 11) is 0. The summed E-state index contributed by atoms with van der Waals surface area (Å²) in [5, 5.41) is 6.33. The van der Waals surface area contributed by atoms with Gasteiger partial charge in [0.2, 0.25) is 0 Å². The van der Waals surface area contributed by atoms with Crippen molar-refractivity contribution in [3.05, 3.63) is 11.8 Å². The van der Waals surface area contributed by atoms with E-state index in [2.05, 4.69) is 10.2 Å². The zero-order valence-corrected chi connectivity index (χ0v) is 8.58. The van der Waals surface area contributed by atoms with E-state index in [0.29, 0.717) is 18.1 Å². The summed E-state index contributed by atoms with van der Waals surface area (Å²) in [5.74, 6) is 0.305. The Morgan fingerprint density at radius 3 is 2.79 bits per heavy atom. The molecule has 0 aliphatic heterocycles. The molecule has 0 saturated carbocycles. The summed E-state index contributed by atoms with van der Waals surface area (Å²) in [5.41, 5.74) is 5.88. The Morgan fingerprint density at radius 2 is 2.36 bits per heavy atom. The number of carbonyl (C=O) groups excluding carboxylic acids is 1. The Balaban J connectivity index is 2.72. The first-order chi connectivity index (χ1) is 6.69. The molecule has 0 unspecified atom stereocenters. The molecule has 0 fully saturated rings. The highest BCUT2D eigenvalue weighted by Gasteiger charge is 2.14. The predicted octanol–water partition coefficient (Wildman–Crippen LogP) is 0.864. The molecule has 14 heavy (non-hydrogen) atoms. The third-order valence-corrected chi connectivity index (χ3v) is 1.99. The molecule has 1 amide bonds. The number of hydrogen-bond acceptors (Lipinski definition) is 3. The maximum absolute atomic E-state index is 11.8. The first-order valence-electron chi connectivity index (χ1n) is 4.79. The Labute approximate surface area is 83.3 Å². The van der Waals surface area contributed by atoms with Crippen molar-refractivity contribution in [1.82, 2.24) is 15.1 Å². The Hall–Kier alpha value is -1.52. The van der Waals surface area contributed by atoms with Crippen LogP contribution >= 0.6 is 0 Å². The predicted molar refractivity (Wildman–Crippen MR) is 54.9 cm³/mol. The van der Waals surface area contributed by atoms with Gasteiger partial charge < -0.3 is 10.6 Å². The fraction of sp³-hybridized carbons (Fsp3) is 0.556. The molecule has 1 heterocycles. The largest absolute Gasteiger partial charge is 0.382 e. The molecule has 5 nitrogen and oxygen atoms in total. The SMILES string of the molecule is CCCN(CC)C(=O)c1cc(N)n[nH]1. The molecule has 0 bridgehead atoms. The van der Waals surface area contributed by atoms with E-state index >= 15 is 0 Å². The topological polar surface area (TPSA) is 75.0 Å². The third-order valence-electron chi connectivity index (χ3n) is 1.99. The van der Waals surface area contributed by atoms with Gasteiger partial charge in [-0.1, -0.05) is 6.92 Å². The van der Waals surface area contributed by atoms with Crippen LogP contribution in [0.15, 0.2) is 6.07 Å². The monoisotopic (exact) mass is 196 g/mol. The maximum Gasteiger partial charge on any atom is 0.271 e. The van der Waals surface area contributed by atoms with Gasteiger partial charge >= 0.3 is 0 Å². The van der Waals surface area contributed by atoms with Crippen LogP contribution in [0.5, 0.6) is 0 Å². The van der Waals surface area contributed by atoms with Crippen molar-refractivity contribution in [1.29, 1.82) is 0 Å². The number of rotatable bonds is 4. The standard InChI is InChI=1S/C9H16N4O/c1-3-5-13(4-2)9(14)7-6-8(10)12-11-7/h6H,3-5H2,1-2H3,(H3,10,11,12). The number of hydrogen-bond donors (Lipinski definition) is 2. The fourth-order valence-corrected chi connectivity index (χ4v) is 1.29. The lowest BCUT2D eigenvalue weighted by atomic mass is 10.3. The van der Waals surface area contributed by atoms with Crippen molar-refractivity contribution in [2.24, 2.45) is 0 Å². The Kier molecular flexibility index (Phi) is 3.50. The van der Waals surface area contributed by atoms with Crippen LogP contribution in [0.3, 0.4) is 0 Å². The van der Waals surface area contributed by atoms with Crippen LogP contribution in [0.2, 0.25) is 0 Å². The minimum absolute atomic E-state index is 0.0430. The second-order valence-electron chi connectivity index (χ2n) is 3.09. The molecule has 3 N–H and O–H groups in total. The number of nitrogen functional groups attached to an aromatic ring is 1. The van der Waals surface area contributed by atoms with Gasteiger partial charge in [0.25, 0.3) is 5.91 Å². The molecule has 0 spiro atoms. The second-order valence-corrected chi connectivity index (χ2v) is 3.09. The number of nitrogens with two attached hydrogens (primary N) is 1. The van der Waals surface area contributed by atoms with Gasteiger partial charge in [-0.15, -0.1) is 0 Å². The van der Waals surface area contributed by atoms with Gasteiger partial charge in [0, 0.05) is 19.2 Å². The molecular formula is C9H16N4O. The van der Waals surface area contributed by atoms with Crippen molar-refractivity contribution < 1.29 is 4.79 Å². The minimum atomic E-state index is -0.0430. The molecule has 0 radical (unpaired) electrons. The van der Waals surface area contributed by atoms with Crippen LogP contribution in [0, 0.1) is 0 Å². The normalized spacial score (nSPS) is 10.1. The number of carbonyl (C=O) groups is 1. The summed E-state index contributed by atoms with van der Waals surface area (Å²) < 4.78 is 0. The quantitative estimate of drug-likeness (QED) is 0.750. The van der Waals surface area contributed by atoms with Gasteiger partial charge in [0.1, 0.15) is 11.5 Å². The molecule has 0 atom stereocenters. The number of aromatic nitrogens is 2. The summed E-state index contributed by atoms with van der Waals surface area (Å²) in [4.78, 5) is 13.5. The van der Waals surface area contributed by atoms with Gasteiger partial charge in [-0.2, -0.15) is 5.10 Å². The molecule has 0 aromatic carbocycles. The molecule has 1 rings (SSSR count). The summed E-state index contributed by atoms with van der Waals surface area (Å²) in [6.07, 6.45) is 0.948. The average Bonchev–Trinajstić information content (AvgIpc) is 2.60. The highest BCUT2D eigenvalue weighted by molar-refractivity contribution is 5.92. The molecule has 5 heteroatoms. The van der Waals surface area contributed by atoms with E-state index in [9.17, 15) is 4.79 Å². The lowest BCUT2D eigenvalue weighted by molar-refractivity contribution is 0.0758. The van der Waals surface area contributed by atoms with Gasteiger partial charge in [-0.05, 0) is 13.3 Å². The highest BCUT2D eigenvalue weighted by Crippen LogP contribution is 2.05. The first kappa shape index (κ1) is 10.6. The highest BCUT2D eigenvalue weighted by atomic mass is 16.2. The molecular weight excluding hydrogens is 180 g/mol. The zero-order chi connectivity index (χ0) is 10.6. The lowest BCUT2D eigenvalue weighted by Gasteiger charge is -2.18. The minimum Gasteiger partial charge on any atom is -0.382 e. The van der Waals surface area contributed by atoms with Crippen molar-refractivity contribution in [2.45, 2.75) is 20.3 Å². The molecule has 1 aromatic rings. The number of H-pyrrole nitrogens is 1. The van der Waals surface area contributed by atoms with Crippen molar-refractivity contribution >= 4 is 11.7 Å². The van der Waals surface area contributed by atoms with Crippen molar-refractivity contribution in [3.63, 3.8) is 0 Å². The number of aromatic amines is 1. The number of anilines is 1. The van der Waals surface area contributed by atoms with Crippen molar-refractivity contribution in [3.8, 4) is 0 Å². The fourth-order valence-electron chi connectivity index (χ4n) is 1.29. The van der Waals surface area contributed by atoms with E-state index in [1.165, 1.54) is 0 Å². The number of nitrogens with one attached hydrogen (secondary N) is 1. The van der Waals surface area contributed by atoms with Crippen molar-refractivity contribution in [2.75, 3.05) is 18.8 Å². The maximum atomic E-state index is 11.8. The van der Waals surface area contributed by atoms with E-state index in [-0.39, 0.29) is 5.91 Å². The average molecular weight is 196 g/mol. The second kappa shape index (κ2) is 4.64. The zero-order valence-electron chi connectivity index (χ0n) is 8.58. The lowest BCUT2D eigenvalue weighted by Crippen LogP contribution is -2.31. The smallest absolute Gasteiger partial charge is 0.271 e. The van der Waals surface area contributed by atoms with E-state index in [0.717, 1.165) is 13.0 Å². The Bertz CT molecular complexity index is 308. The van der Waals surface area contributed by atoms with Gasteiger partial charge in [0.05, 0.1) is 0 Å². The third kappa shape index (κ3) is 2.25. The molecule has 0 aliphatic carbocycles. The first-order valence-corrected chi connectivity index (χ1v) is 4.79. The summed E-state index contributed by atoms with van der Waals surface area (Å²) in [6.45, 7) is 5.45. The summed E-state index contributed by atoms with van der Waals surface area (Å²) >= 11 is 0. The Morgan fingerprint density at radius 1 is 1.64 bits per heavy atom. The summed E-state index contributed by atoms with van der Waals surface area (Å²) in [6, 6.07) is 1.56. The molecule has 78 valence electrons. The van der Waals surface area contributed by atoms with Crippen LogP contribution in [-0.2, 0) is 0 Å². The number of amides is 1. The molecule has 1 aromatic heterocycles. The van der Waals surface area contributed by atoms with Crippen LogP contribution in [-0.4, -0.2) is 34.1 Å². The van der Waals surface area contributed by atoms with Gasteiger partial charge in [-0.25, -0.2) is 0 Å². The van der Waals surface area contributed by atoms with E-state index in [1.54, 1.807) is 11.0 Å². The van der Waals surface area contributed by atoms with Gasteiger partial charge in [0.15, 0.2) is 0 Å². The van der Waals surface area contributed by atoms with E-state index < -0.39 is 0 Å². The van der Waals surface area contributed by atoms with Crippen LogP contribution < -0.4 is 5.73 Å². The van der Waals surface area contributed by atoms with Crippen LogP contribution in [0.1, 0.15) is 30.8 Å². The number of nitrogens with zero attached hydrogens (tertiary/aromatic N) is 2. The molecule has 0 saturated heterocycles. The van der Waals surface area contributed by atoms with Gasteiger partial charge in [-0.3, -0.25) is 9.89 Å². The van der Waals surface area contributed by atoms with E-state index in [4.69, 9.17) is 5.73 Å². The van der Waals surface area contributed by atoms with Crippen LogP contribution in [0.4, 0.5) is 5.82 Å². The molecule has 0 aliphatic rings.